The summed E-state index contributed by atoms with van der Waals surface area (Å²) in [5, 5.41) is 9.45. The molecule has 1 amide bonds. The molecule has 1 aliphatic heterocycles. The third-order valence-electron chi connectivity index (χ3n) is 3.34. The maximum atomic E-state index is 12.4. The van der Waals surface area contributed by atoms with Crippen LogP contribution in [0.5, 0.6) is 0 Å². The molecule has 0 bridgehead atoms. The van der Waals surface area contributed by atoms with Gasteiger partial charge in [0, 0.05) is 32.4 Å². The Kier molecular flexibility index (Phi) is 5.60. The molecule has 2 heterocycles. The third kappa shape index (κ3) is 3.82. The number of aliphatic hydroxyl groups is 1. The molecule has 5 nitrogen and oxygen atoms in total. The number of aliphatic hydroxyl groups excluding tert-OH is 1. The van der Waals surface area contributed by atoms with Crippen molar-refractivity contribution in [2.75, 3.05) is 39.3 Å². The molecule has 0 unspecified atom stereocenters. The normalized spacial score (nSPS) is 17.1. The van der Waals surface area contributed by atoms with E-state index < -0.39 is 0 Å². The Labute approximate surface area is 128 Å². The van der Waals surface area contributed by atoms with Gasteiger partial charge in [-0.3, -0.25) is 9.69 Å². The van der Waals surface area contributed by atoms with Crippen LogP contribution in [0, 0.1) is 0 Å². The number of pyridine rings is 1. The lowest BCUT2D eigenvalue weighted by Crippen LogP contribution is -2.36. The number of aromatic nitrogens is 1. The lowest BCUT2D eigenvalue weighted by molar-refractivity contribution is 0.0760. The van der Waals surface area contributed by atoms with Gasteiger partial charge in [-0.2, -0.15) is 0 Å². The predicted molar refractivity (Wildman–Crippen MR) is 78.3 cm³/mol. The van der Waals surface area contributed by atoms with Gasteiger partial charge in [-0.1, -0.05) is 23.2 Å². The minimum Gasteiger partial charge on any atom is -0.395 e. The second-order valence-corrected chi connectivity index (χ2v) is 5.47. The molecule has 1 fully saturated rings. The summed E-state index contributed by atoms with van der Waals surface area (Å²) in [4.78, 5) is 20.2. The van der Waals surface area contributed by atoms with E-state index in [9.17, 15) is 4.79 Å². The van der Waals surface area contributed by atoms with Crippen molar-refractivity contribution in [3.05, 3.63) is 28.0 Å². The van der Waals surface area contributed by atoms with E-state index >= 15 is 0 Å². The molecule has 1 aliphatic rings. The maximum Gasteiger partial charge on any atom is 0.255 e. The second kappa shape index (κ2) is 7.22. The number of nitrogens with zero attached hydrogens (tertiary/aromatic N) is 3. The zero-order valence-corrected chi connectivity index (χ0v) is 12.6. The fraction of sp³-hybridized carbons (Fsp3) is 0.538. The summed E-state index contributed by atoms with van der Waals surface area (Å²) in [5.74, 6) is -0.0816. The van der Waals surface area contributed by atoms with Gasteiger partial charge in [0.05, 0.1) is 17.2 Å². The van der Waals surface area contributed by atoms with Gasteiger partial charge in [0.1, 0.15) is 5.15 Å². The molecule has 0 radical (unpaired) electrons. The summed E-state index contributed by atoms with van der Waals surface area (Å²) >= 11 is 11.6. The van der Waals surface area contributed by atoms with E-state index in [0.717, 1.165) is 19.5 Å². The van der Waals surface area contributed by atoms with Gasteiger partial charge in [0.15, 0.2) is 0 Å². The van der Waals surface area contributed by atoms with Gasteiger partial charge in [-0.05, 0) is 19.0 Å². The molecule has 1 aromatic heterocycles. The standard InChI is InChI=1S/C13H17Cl2N3O2/c14-11-8-10(9-16-12(11)15)13(20)18-3-1-2-17(4-5-18)6-7-19/h8-9,19H,1-7H2. The zero-order chi connectivity index (χ0) is 14.5. The van der Waals surface area contributed by atoms with Crippen molar-refractivity contribution in [2.24, 2.45) is 0 Å². The van der Waals surface area contributed by atoms with Gasteiger partial charge in [0.25, 0.3) is 5.91 Å². The van der Waals surface area contributed by atoms with Crippen molar-refractivity contribution >= 4 is 29.1 Å². The number of rotatable bonds is 3. The minimum absolute atomic E-state index is 0.0816. The summed E-state index contributed by atoms with van der Waals surface area (Å²) in [6, 6.07) is 1.55. The van der Waals surface area contributed by atoms with Crippen molar-refractivity contribution in [2.45, 2.75) is 6.42 Å². The van der Waals surface area contributed by atoms with Crippen molar-refractivity contribution < 1.29 is 9.90 Å². The van der Waals surface area contributed by atoms with Crippen LogP contribution < -0.4 is 0 Å². The molecule has 2 rings (SSSR count). The van der Waals surface area contributed by atoms with Crippen LogP contribution in [0.15, 0.2) is 12.3 Å². The quantitative estimate of drug-likeness (QED) is 0.859. The first-order valence-corrected chi connectivity index (χ1v) is 7.31. The molecule has 7 heteroatoms. The monoisotopic (exact) mass is 317 g/mol. The van der Waals surface area contributed by atoms with Gasteiger partial charge >= 0.3 is 0 Å². The molecular formula is C13H17Cl2N3O2. The Morgan fingerprint density at radius 1 is 1.30 bits per heavy atom. The van der Waals surface area contributed by atoms with E-state index in [-0.39, 0.29) is 22.7 Å². The molecule has 0 aromatic carbocycles. The topological polar surface area (TPSA) is 56.7 Å². The van der Waals surface area contributed by atoms with Crippen LogP contribution in [0.2, 0.25) is 10.2 Å². The largest absolute Gasteiger partial charge is 0.395 e. The van der Waals surface area contributed by atoms with Crippen LogP contribution in [-0.2, 0) is 0 Å². The Balaban J connectivity index is 2.03. The highest BCUT2D eigenvalue weighted by atomic mass is 35.5. The fourth-order valence-corrected chi connectivity index (χ4v) is 2.53. The van der Waals surface area contributed by atoms with Crippen LogP contribution in [0.3, 0.4) is 0 Å². The summed E-state index contributed by atoms with van der Waals surface area (Å²) in [6.07, 6.45) is 2.34. The smallest absolute Gasteiger partial charge is 0.255 e. The molecule has 1 aromatic rings. The molecule has 0 spiro atoms. The van der Waals surface area contributed by atoms with Crippen LogP contribution >= 0.6 is 23.2 Å². The van der Waals surface area contributed by atoms with Crippen LogP contribution in [0.4, 0.5) is 0 Å². The molecule has 0 atom stereocenters. The highest BCUT2D eigenvalue weighted by Gasteiger charge is 2.20. The first kappa shape index (κ1) is 15.5. The predicted octanol–water partition coefficient (Wildman–Crippen LogP) is 1.53. The van der Waals surface area contributed by atoms with Gasteiger partial charge < -0.3 is 10.0 Å². The van der Waals surface area contributed by atoms with Gasteiger partial charge in [0.2, 0.25) is 0 Å². The van der Waals surface area contributed by atoms with Gasteiger partial charge in [-0.25, -0.2) is 4.98 Å². The Morgan fingerprint density at radius 3 is 2.80 bits per heavy atom. The highest BCUT2D eigenvalue weighted by Crippen LogP contribution is 2.20. The molecule has 20 heavy (non-hydrogen) atoms. The van der Waals surface area contributed by atoms with Crippen LogP contribution in [0.25, 0.3) is 0 Å². The number of hydrogen-bond donors (Lipinski definition) is 1. The van der Waals surface area contributed by atoms with E-state index in [4.69, 9.17) is 28.3 Å². The maximum absolute atomic E-state index is 12.4. The minimum atomic E-state index is -0.0816. The molecule has 1 saturated heterocycles. The first-order chi connectivity index (χ1) is 9.61. The van der Waals surface area contributed by atoms with E-state index in [0.29, 0.717) is 25.2 Å². The average molecular weight is 318 g/mol. The Bertz CT molecular complexity index is 485. The van der Waals surface area contributed by atoms with Crippen LogP contribution in [0.1, 0.15) is 16.8 Å². The Hall–Kier alpha value is -0.880. The fourth-order valence-electron chi connectivity index (χ4n) is 2.26. The summed E-state index contributed by atoms with van der Waals surface area (Å²) in [5.41, 5.74) is 0.454. The lowest BCUT2D eigenvalue weighted by atomic mass is 10.2. The SMILES string of the molecule is O=C(c1cnc(Cl)c(Cl)c1)N1CCCN(CCO)CC1. The summed E-state index contributed by atoms with van der Waals surface area (Å²) < 4.78 is 0. The first-order valence-electron chi connectivity index (χ1n) is 6.55. The molecule has 0 saturated carbocycles. The number of halogens is 2. The van der Waals surface area contributed by atoms with Crippen molar-refractivity contribution in [1.29, 1.82) is 0 Å². The average Bonchev–Trinajstić information content (AvgIpc) is 2.67. The summed E-state index contributed by atoms with van der Waals surface area (Å²) in [7, 11) is 0. The van der Waals surface area contributed by atoms with E-state index in [1.165, 1.54) is 6.20 Å². The number of β-amino-alcohol motifs (C(OH)–C–C–N with tert-alkyl or cyclic N) is 1. The lowest BCUT2D eigenvalue weighted by Gasteiger charge is -2.21. The number of carbonyl (C=O) groups excluding carboxylic acids is 1. The second-order valence-electron chi connectivity index (χ2n) is 4.71. The van der Waals surface area contributed by atoms with E-state index in [1.807, 2.05) is 0 Å². The summed E-state index contributed by atoms with van der Waals surface area (Å²) in [6.45, 7) is 3.78. The van der Waals surface area contributed by atoms with Gasteiger partial charge in [-0.15, -0.1) is 0 Å². The molecular weight excluding hydrogens is 301 g/mol. The molecule has 110 valence electrons. The van der Waals surface area contributed by atoms with Crippen molar-refractivity contribution in [3.63, 3.8) is 0 Å². The van der Waals surface area contributed by atoms with Crippen molar-refractivity contribution in [1.82, 2.24) is 14.8 Å². The number of carbonyl (C=O) groups is 1. The number of amides is 1. The van der Waals surface area contributed by atoms with Crippen LogP contribution in [-0.4, -0.2) is 65.1 Å². The van der Waals surface area contributed by atoms with Crippen molar-refractivity contribution in [3.8, 4) is 0 Å². The third-order valence-corrected chi connectivity index (χ3v) is 4.02. The molecule has 0 aliphatic carbocycles. The Morgan fingerprint density at radius 2 is 2.10 bits per heavy atom. The highest BCUT2D eigenvalue weighted by molar-refractivity contribution is 6.41. The van der Waals surface area contributed by atoms with E-state index in [1.54, 1.807) is 11.0 Å². The van der Waals surface area contributed by atoms with E-state index in [2.05, 4.69) is 9.88 Å². The zero-order valence-electron chi connectivity index (χ0n) is 11.1. The molecule has 1 N–H and O–H groups in total. The number of hydrogen-bond acceptors (Lipinski definition) is 4.